The number of ether oxygens (including phenoxy) is 1. The lowest BCUT2D eigenvalue weighted by molar-refractivity contribution is -0.154. The van der Waals surface area contributed by atoms with Crippen molar-refractivity contribution < 1.29 is 24.0 Å². The van der Waals surface area contributed by atoms with Crippen LogP contribution in [0.2, 0.25) is 0 Å². The van der Waals surface area contributed by atoms with Gasteiger partial charge in [0.1, 0.15) is 5.69 Å². The lowest BCUT2D eigenvalue weighted by atomic mass is 10.0. The highest BCUT2D eigenvalue weighted by Crippen LogP contribution is 2.41. The summed E-state index contributed by atoms with van der Waals surface area (Å²) in [6, 6.07) is 11.3. The number of aromatic nitrogens is 2. The smallest absolute Gasteiger partial charge is 0.334 e. The summed E-state index contributed by atoms with van der Waals surface area (Å²) in [5.41, 5.74) is 2.98. The molecule has 1 N–H and O–H groups in total. The topological polar surface area (TPSA) is 106 Å². The number of hydrogen-bond acceptors (Lipinski definition) is 6. The van der Waals surface area contributed by atoms with Crippen LogP contribution in [0.5, 0.6) is 0 Å². The van der Waals surface area contributed by atoms with E-state index in [1.807, 2.05) is 36.4 Å². The number of carbonyl (C=O) groups excluding carboxylic acids is 1. The Labute approximate surface area is 166 Å². The average molecular weight is 393 g/mol. The van der Waals surface area contributed by atoms with Crippen molar-refractivity contribution >= 4 is 23.0 Å². The summed E-state index contributed by atoms with van der Waals surface area (Å²) >= 11 is 0. The Balaban J connectivity index is 1.62. The standard InChI is InChI=1S/C21H19N3O5/c25-20(24-8-9-28-16(11-24)21(26)27)14-10-15(12-6-7-12)22-19-17(14)18(23-29-19)13-4-2-1-3-5-13/h1-5,10,12,16H,6-9,11H2,(H,26,27)/t16-/m1/s1. The third kappa shape index (κ3) is 3.25. The molecular weight excluding hydrogens is 374 g/mol. The zero-order chi connectivity index (χ0) is 20.0. The van der Waals surface area contributed by atoms with Crippen LogP contribution in [-0.2, 0) is 9.53 Å². The van der Waals surface area contributed by atoms with Crippen molar-refractivity contribution in [3.05, 3.63) is 47.7 Å². The number of morpholine rings is 1. The molecule has 8 nitrogen and oxygen atoms in total. The molecule has 0 spiro atoms. The van der Waals surface area contributed by atoms with Crippen LogP contribution < -0.4 is 0 Å². The van der Waals surface area contributed by atoms with Crippen LogP contribution >= 0.6 is 0 Å². The highest BCUT2D eigenvalue weighted by atomic mass is 16.5. The van der Waals surface area contributed by atoms with E-state index in [0.717, 1.165) is 24.1 Å². The molecule has 3 aromatic rings. The van der Waals surface area contributed by atoms with Gasteiger partial charge in [-0.25, -0.2) is 9.78 Å². The van der Waals surface area contributed by atoms with Crippen LogP contribution in [0.25, 0.3) is 22.4 Å². The number of amides is 1. The first-order chi connectivity index (χ1) is 14.1. The third-order valence-electron chi connectivity index (χ3n) is 5.37. The van der Waals surface area contributed by atoms with Crippen molar-refractivity contribution in [3.8, 4) is 11.3 Å². The van der Waals surface area contributed by atoms with E-state index in [4.69, 9.17) is 9.26 Å². The van der Waals surface area contributed by atoms with E-state index < -0.39 is 12.1 Å². The van der Waals surface area contributed by atoms with Gasteiger partial charge in [0.25, 0.3) is 11.6 Å². The highest BCUT2D eigenvalue weighted by molar-refractivity contribution is 6.09. The van der Waals surface area contributed by atoms with Crippen LogP contribution in [0.15, 0.2) is 40.9 Å². The average Bonchev–Trinajstić information content (AvgIpc) is 3.52. The van der Waals surface area contributed by atoms with Gasteiger partial charge in [0, 0.05) is 23.7 Å². The molecule has 1 aromatic carbocycles. The maximum atomic E-state index is 13.4. The summed E-state index contributed by atoms with van der Waals surface area (Å²) in [7, 11) is 0. The lowest BCUT2D eigenvalue weighted by Crippen LogP contribution is -2.48. The van der Waals surface area contributed by atoms with Gasteiger partial charge in [0.05, 0.1) is 24.1 Å². The fourth-order valence-electron chi connectivity index (χ4n) is 3.67. The summed E-state index contributed by atoms with van der Waals surface area (Å²) in [6.45, 7) is 0.515. The van der Waals surface area contributed by atoms with Gasteiger partial charge in [0.15, 0.2) is 6.10 Å². The molecule has 3 heterocycles. The van der Waals surface area contributed by atoms with Gasteiger partial charge in [-0.05, 0) is 18.9 Å². The van der Waals surface area contributed by atoms with Crippen molar-refractivity contribution in [2.24, 2.45) is 0 Å². The fraction of sp³-hybridized carbons (Fsp3) is 0.333. The number of rotatable bonds is 4. The molecule has 0 bridgehead atoms. The molecule has 1 amide bonds. The SMILES string of the molecule is O=C(O)[C@H]1CN(C(=O)c2cc(C3CC3)nc3onc(-c4ccccc4)c23)CCO1. The lowest BCUT2D eigenvalue weighted by Gasteiger charge is -2.31. The molecule has 148 valence electrons. The first-order valence-corrected chi connectivity index (χ1v) is 9.61. The number of aliphatic carboxylic acids is 1. The zero-order valence-electron chi connectivity index (χ0n) is 15.6. The van der Waals surface area contributed by atoms with Crippen molar-refractivity contribution in [1.82, 2.24) is 15.0 Å². The number of pyridine rings is 1. The Morgan fingerprint density at radius 1 is 1.17 bits per heavy atom. The van der Waals surface area contributed by atoms with Gasteiger partial charge in [0.2, 0.25) is 0 Å². The summed E-state index contributed by atoms with van der Waals surface area (Å²) in [4.78, 5) is 30.9. The molecule has 2 fully saturated rings. The summed E-state index contributed by atoms with van der Waals surface area (Å²) in [5, 5.41) is 14.0. The Morgan fingerprint density at radius 3 is 2.69 bits per heavy atom. The van der Waals surface area contributed by atoms with E-state index >= 15 is 0 Å². The Bertz CT molecular complexity index is 1090. The summed E-state index contributed by atoms with van der Waals surface area (Å²) in [6.07, 6.45) is 1.04. The summed E-state index contributed by atoms with van der Waals surface area (Å²) < 4.78 is 10.8. The number of carbonyl (C=O) groups is 2. The predicted molar refractivity (Wildman–Crippen MR) is 102 cm³/mol. The molecule has 1 aliphatic heterocycles. The second kappa shape index (κ2) is 6.97. The van der Waals surface area contributed by atoms with Gasteiger partial charge >= 0.3 is 5.97 Å². The van der Waals surface area contributed by atoms with E-state index in [2.05, 4.69) is 10.1 Å². The predicted octanol–water partition coefficient (Wildman–Crippen LogP) is 2.69. The molecule has 8 heteroatoms. The van der Waals surface area contributed by atoms with E-state index in [-0.39, 0.29) is 19.1 Å². The van der Waals surface area contributed by atoms with Crippen molar-refractivity contribution in [3.63, 3.8) is 0 Å². The van der Waals surface area contributed by atoms with E-state index in [0.29, 0.717) is 34.8 Å². The van der Waals surface area contributed by atoms with Crippen LogP contribution in [0.4, 0.5) is 0 Å². The minimum Gasteiger partial charge on any atom is -0.479 e. The van der Waals surface area contributed by atoms with E-state index in [1.54, 1.807) is 0 Å². The number of fused-ring (bicyclic) bond motifs is 1. The molecule has 2 aromatic heterocycles. The van der Waals surface area contributed by atoms with Gasteiger partial charge in [-0.3, -0.25) is 4.79 Å². The van der Waals surface area contributed by atoms with Crippen molar-refractivity contribution in [2.45, 2.75) is 24.9 Å². The molecule has 0 unspecified atom stereocenters. The molecule has 0 radical (unpaired) electrons. The Kier molecular flexibility index (Phi) is 4.28. The molecule has 1 atom stereocenters. The highest BCUT2D eigenvalue weighted by Gasteiger charge is 2.33. The largest absolute Gasteiger partial charge is 0.479 e. The number of benzene rings is 1. The first-order valence-electron chi connectivity index (χ1n) is 9.61. The van der Waals surface area contributed by atoms with Gasteiger partial charge in [-0.1, -0.05) is 35.5 Å². The Hall–Kier alpha value is -3.26. The van der Waals surface area contributed by atoms with Gasteiger partial charge < -0.3 is 19.3 Å². The van der Waals surface area contributed by atoms with Crippen LogP contribution in [0.1, 0.15) is 34.8 Å². The van der Waals surface area contributed by atoms with Crippen LogP contribution in [0.3, 0.4) is 0 Å². The first kappa shape index (κ1) is 17.8. The van der Waals surface area contributed by atoms with Gasteiger partial charge in [-0.2, -0.15) is 0 Å². The molecule has 1 saturated heterocycles. The fourth-order valence-corrected chi connectivity index (χ4v) is 3.67. The van der Waals surface area contributed by atoms with Crippen molar-refractivity contribution in [1.29, 1.82) is 0 Å². The molecule has 1 aliphatic carbocycles. The summed E-state index contributed by atoms with van der Waals surface area (Å²) in [5.74, 6) is -1.00. The third-order valence-corrected chi connectivity index (χ3v) is 5.37. The normalized spacial score (nSPS) is 19.4. The number of nitrogens with zero attached hydrogens (tertiary/aromatic N) is 3. The maximum absolute atomic E-state index is 13.4. The van der Waals surface area contributed by atoms with Crippen LogP contribution in [0, 0.1) is 0 Å². The quantitative estimate of drug-likeness (QED) is 0.726. The molecule has 29 heavy (non-hydrogen) atoms. The minimum absolute atomic E-state index is 0.00267. The minimum atomic E-state index is -1.07. The van der Waals surface area contributed by atoms with Crippen molar-refractivity contribution in [2.75, 3.05) is 19.7 Å². The second-order valence-electron chi connectivity index (χ2n) is 7.40. The number of carboxylic acid groups (broad SMARTS) is 1. The van der Waals surface area contributed by atoms with Gasteiger partial charge in [-0.15, -0.1) is 0 Å². The van der Waals surface area contributed by atoms with Crippen LogP contribution in [-0.4, -0.2) is 57.8 Å². The number of carboxylic acids is 1. The molecular formula is C21H19N3O5. The van der Waals surface area contributed by atoms with E-state index in [1.165, 1.54) is 4.90 Å². The second-order valence-corrected chi connectivity index (χ2v) is 7.40. The van der Waals surface area contributed by atoms with E-state index in [9.17, 15) is 14.7 Å². The molecule has 5 rings (SSSR count). The monoisotopic (exact) mass is 393 g/mol. The zero-order valence-corrected chi connectivity index (χ0v) is 15.6. The Morgan fingerprint density at radius 2 is 1.97 bits per heavy atom. The number of hydrogen-bond donors (Lipinski definition) is 1. The molecule has 1 saturated carbocycles. The molecule has 2 aliphatic rings. The maximum Gasteiger partial charge on any atom is 0.334 e.